The Morgan fingerprint density at radius 3 is 2.80 bits per heavy atom. The molecule has 7 heteroatoms. The Morgan fingerprint density at radius 2 is 2.25 bits per heavy atom. The summed E-state index contributed by atoms with van der Waals surface area (Å²) in [6.45, 7) is 2.77. The molecule has 4 nitrogen and oxygen atoms in total. The largest absolute Gasteiger partial charge is 0.305 e. The fourth-order valence-corrected chi connectivity index (χ4v) is 2.88. The number of rotatable bonds is 5. The molecule has 0 aliphatic carbocycles. The van der Waals surface area contributed by atoms with Gasteiger partial charge in [-0.2, -0.15) is 0 Å². The van der Waals surface area contributed by atoms with E-state index in [0.29, 0.717) is 15.2 Å². The fraction of sp³-hybridized carbons (Fsp3) is 0.385. The van der Waals surface area contributed by atoms with Crippen molar-refractivity contribution in [3.8, 4) is 0 Å². The second kappa shape index (κ2) is 6.65. The summed E-state index contributed by atoms with van der Waals surface area (Å²) in [5.41, 5.74) is 1.15. The van der Waals surface area contributed by atoms with Gasteiger partial charge in [-0.1, -0.05) is 29.8 Å². The highest BCUT2D eigenvalue weighted by molar-refractivity contribution is 9.10. The predicted molar refractivity (Wildman–Crippen MR) is 80.2 cm³/mol. The van der Waals surface area contributed by atoms with E-state index >= 15 is 0 Å². The van der Waals surface area contributed by atoms with Gasteiger partial charge in [-0.25, -0.2) is 9.07 Å². The van der Waals surface area contributed by atoms with Crippen molar-refractivity contribution < 1.29 is 4.39 Å². The van der Waals surface area contributed by atoms with Gasteiger partial charge in [0.15, 0.2) is 4.60 Å². The number of benzene rings is 1. The van der Waals surface area contributed by atoms with Gasteiger partial charge in [0.25, 0.3) is 0 Å². The van der Waals surface area contributed by atoms with Gasteiger partial charge in [-0.15, -0.1) is 5.10 Å². The Labute approximate surface area is 130 Å². The molecule has 108 valence electrons. The number of aryl methyl sites for hydroxylation is 1. The van der Waals surface area contributed by atoms with E-state index < -0.39 is 6.04 Å². The highest BCUT2D eigenvalue weighted by Crippen LogP contribution is 2.33. The number of aromatic nitrogens is 3. The van der Waals surface area contributed by atoms with Crippen LogP contribution in [0.3, 0.4) is 0 Å². The lowest BCUT2D eigenvalue weighted by atomic mass is 10.0. The zero-order valence-corrected chi connectivity index (χ0v) is 13.5. The third-order valence-corrected chi connectivity index (χ3v) is 3.88. The number of hydrogen-bond donors (Lipinski definition) is 1. The molecule has 2 rings (SSSR count). The smallest absolute Gasteiger partial charge is 0.153 e. The van der Waals surface area contributed by atoms with Crippen molar-refractivity contribution in [1.82, 2.24) is 20.3 Å². The Bertz CT molecular complexity index is 562. The van der Waals surface area contributed by atoms with Crippen LogP contribution in [0.5, 0.6) is 0 Å². The van der Waals surface area contributed by atoms with Crippen LogP contribution in [-0.2, 0) is 7.05 Å². The molecule has 0 aliphatic rings. The lowest BCUT2D eigenvalue weighted by Crippen LogP contribution is -2.26. The monoisotopic (exact) mass is 360 g/mol. The summed E-state index contributed by atoms with van der Waals surface area (Å²) in [5.74, 6) is -0.348. The van der Waals surface area contributed by atoms with Gasteiger partial charge in [0, 0.05) is 17.6 Å². The van der Waals surface area contributed by atoms with Crippen LogP contribution in [-0.4, -0.2) is 21.5 Å². The van der Waals surface area contributed by atoms with Crippen LogP contribution < -0.4 is 5.32 Å². The lowest BCUT2D eigenvalue weighted by Gasteiger charge is -2.21. The van der Waals surface area contributed by atoms with Gasteiger partial charge in [-0.3, -0.25) is 0 Å². The molecule has 1 aromatic carbocycles. The normalized spacial score (nSPS) is 12.7. The first-order chi connectivity index (χ1) is 9.56. The molecule has 0 spiro atoms. The Balaban J connectivity index is 2.53. The average Bonchev–Trinajstić information content (AvgIpc) is 2.73. The van der Waals surface area contributed by atoms with Gasteiger partial charge >= 0.3 is 0 Å². The van der Waals surface area contributed by atoms with Crippen molar-refractivity contribution in [2.75, 3.05) is 6.54 Å². The topological polar surface area (TPSA) is 42.7 Å². The van der Waals surface area contributed by atoms with E-state index in [2.05, 4.69) is 31.6 Å². The first-order valence-corrected chi connectivity index (χ1v) is 7.45. The second-order valence-electron chi connectivity index (χ2n) is 4.41. The summed E-state index contributed by atoms with van der Waals surface area (Å²) in [7, 11) is 1.77. The zero-order valence-electron chi connectivity index (χ0n) is 11.2. The van der Waals surface area contributed by atoms with Crippen LogP contribution >= 0.6 is 27.5 Å². The molecule has 2 aromatic rings. The van der Waals surface area contributed by atoms with E-state index in [0.717, 1.165) is 18.7 Å². The lowest BCUT2D eigenvalue weighted by molar-refractivity contribution is 0.518. The summed E-state index contributed by atoms with van der Waals surface area (Å²) < 4.78 is 16.4. The first kappa shape index (κ1) is 15.4. The number of hydrogen-bond acceptors (Lipinski definition) is 3. The number of halogens is 3. The maximum atomic E-state index is 14.2. The summed E-state index contributed by atoms with van der Waals surface area (Å²) in [6, 6.07) is 4.27. The van der Waals surface area contributed by atoms with Crippen molar-refractivity contribution in [3.05, 3.63) is 44.9 Å². The van der Waals surface area contributed by atoms with E-state index in [1.807, 2.05) is 6.92 Å². The van der Waals surface area contributed by atoms with Crippen molar-refractivity contribution >= 4 is 27.5 Å². The first-order valence-electron chi connectivity index (χ1n) is 6.28. The molecule has 0 bridgehead atoms. The minimum atomic E-state index is -0.405. The highest BCUT2D eigenvalue weighted by Gasteiger charge is 2.26. The minimum Gasteiger partial charge on any atom is -0.305 e. The molecular weight excluding hydrogens is 347 g/mol. The molecule has 1 aromatic heterocycles. The van der Waals surface area contributed by atoms with E-state index in [9.17, 15) is 4.39 Å². The average molecular weight is 362 g/mol. The maximum Gasteiger partial charge on any atom is 0.153 e. The van der Waals surface area contributed by atoms with Crippen LogP contribution in [0.15, 0.2) is 22.8 Å². The minimum absolute atomic E-state index is 0.348. The summed E-state index contributed by atoms with van der Waals surface area (Å²) in [4.78, 5) is 0. The van der Waals surface area contributed by atoms with Crippen LogP contribution in [0, 0.1) is 5.82 Å². The van der Waals surface area contributed by atoms with Gasteiger partial charge in [0.2, 0.25) is 0 Å². The fourth-order valence-electron chi connectivity index (χ4n) is 2.06. The third kappa shape index (κ3) is 3.02. The van der Waals surface area contributed by atoms with Crippen LogP contribution in [0.1, 0.15) is 30.6 Å². The van der Waals surface area contributed by atoms with E-state index in [-0.39, 0.29) is 5.82 Å². The van der Waals surface area contributed by atoms with Crippen molar-refractivity contribution in [2.45, 2.75) is 19.4 Å². The molecule has 1 heterocycles. The molecule has 1 N–H and O–H groups in total. The standard InChI is InChI=1S/C13H15BrClFN4/c1-3-7-17-11(12-13(14)18-19-20(12)2)10-8(15)5-4-6-9(10)16/h4-6,11,17H,3,7H2,1-2H3. The number of nitrogens with zero attached hydrogens (tertiary/aromatic N) is 3. The van der Waals surface area contributed by atoms with Crippen molar-refractivity contribution in [1.29, 1.82) is 0 Å². The molecule has 0 radical (unpaired) electrons. The van der Waals surface area contributed by atoms with Crippen molar-refractivity contribution in [2.24, 2.45) is 7.05 Å². The highest BCUT2D eigenvalue weighted by atomic mass is 79.9. The van der Waals surface area contributed by atoms with Crippen LogP contribution in [0.2, 0.25) is 5.02 Å². The van der Waals surface area contributed by atoms with Crippen molar-refractivity contribution in [3.63, 3.8) is 0 Å². The Hall–Kier alpha value is -0.980. The maximum absolute atomic E-state index is 14.2. The van der Waals surface area contributed by atoms with Gasteiger partial charge in [0.05, 0.1) is 11.7 Å². The molecule has 0 fully saturated rings. The van der Waals surface area contributed by atoms with E-state index in [1.54, 1.807) is 23.9 Å². The summed E-state index contributed by atoms with van der Waals surface area (Å²) in [6.07, 6.45) is 0.922. The molecule has 1 atom stereocenters. The molecule has 1 unspecified atom stereocenters. The Kier molecular flexibility index (Phi) is 5.12. The van der Waals surface area contributed by atoms with Crippen LogP contribution in [0.4, 0.5) is 4.39 Å². The predicted octanol–water partition coefficient (Wildman–Crippen LogP) is 3.46. The van der Waals surface area contributed by atoms with Gasteiger partial charge in [0.1, 0.15) is 5.82 Å². The van der Waals surface area contributed by atoms with E-state index in [4.69, 9.17) is 11.6 Å². The van der Waals surface area contributed by atoms with E-state index in [1.165, 1.54) is 6.07 Å². The molecule has 0 aliphatic heterocycles. The molecule has 0 amide bonds. The van der Waals surface area contributed by atoms with Gasteiger partial charge < -0.3 is 5.32 Å². The number of nitrogens with one attached hydrogen (secondary N) is 1. The molecule has 0 saturated carbocycles. The summed E-state index contributed by atoms with van der Waals surface area (Å²) >= 11 is 9.54. The summed E-state index contributed by atoms with van der Waals surface area (Å²) in [5, 5.41) is 11.6. The Morgan fingerprint density at radius 1 is 1.50 bits per heavy atom. The quantitative estimate of drug-likeness (QED) is 0.887. The molecule has 20 heavy (non-hydrogen) atoms. The molecule has 0 saturated heterocycles. The zero-order chi connectivity index (χ0) is 14.7. The van der Waals surface area contributed by atoms with Gasteiger partial charge in [-0.05, 0) is 41.0 Å². The second-order valence-corrected chi connectivity index (χ2v) is 5.57. The van der Waals surface area contributed by atoms with Crippen LogP contribution in [0.25, 0.3) is 0 Å². The molecular formula is C13H15BrClFN4. The third-order valence-electron chi connectivity index (χ3n) is 2.99. The SMILES string of the molecule is CCCNC(c1c(F)cccc1Cl)c1c(Br)nnn1C.